The van der Waals surface area contributed by atoms with Crippen molar-refractivity contribution in [1.82, 2.24) is 0 Å². The fourth-order valence-electron chi connectivity index (χ4n) is 2.27. The molecule has 2 N–H and O–H groups in total. The van der Waals surface area contributed by atoms with Crippen LogP contribution < -0.4 is 5.73 Å². The molecule has 2 aliphatic carbocycles. The molecule has 0 saturated heterocycles. The van der Waals surface area contributed by atoms with Gasteiger partial charge >= 0.3 is 0 Å². The van der Waals surface area contributed by atoms with Gasteiger partial charge in [-0.3, -0.25) is 0 Å². The van der Waals surface area contributed by atoms with E-state index in [1.54, 1.807) is 0 Å². The minimum Gasteiger partial charge on any atom is -0.324 e. The first-order chi connectivity index (χ1) is 6.19. The van der Waals surface area contributed by atoms with Gasteiger partial charge in [0.05, 0.1) is 0 Å². The zero-order valence-corrected chi connectivity index (χ0v) is 9.20. The second kappa shape index (κ2) is 3.32. The number of hydrogen-bond acceptors (Lipinski definition) is 2. The fourth-order valence-corrected chi connectivity index (χ4v) is 2.76. The summed E-state index contributed by atoms with van der Waals surface area (Å²) in [5, 5.41) is 0. The summed E-state index contributed by atoms with van der Waals surface area (Å²) in [5.74, 6) is 1.96. The summed E-state index contributed by atoms with van der Waals surface area (Å²) in [6.07, 6.45) is 7.50. The van der Waals surface area contributed by atoms with E-state index in [9.17, 15) is 0 Å². The van der Waals surface area contributed by atoms with Gasteiger partial charge in [-0.25, -0.2) is 0 Å². The number of thioether (sulfide) groups is 1. The molecule has 13 heavy (non-hydrogen) atoms. The highest BCUT2D eigenvalue weighted by Gasteiger charge is 2.63. The van der Waals surface area contributed by atoms with E-state index in [0.717, 1.165) is 17.8 Å². The Morgan fingerprint density at radius 3 is 2.85 bits per heavy atom. The lowest BCUT2D eigenvalue weighted by atomic mass is 10.0. The van der Waals surface area contributed by atoms with Crippen LogP contribution in [0.5, 0.6) is 0 Å². The van der Waals surface area contributed by atoms with Gasteiger partial charge < -0.3 is 5.73 Å². The summed E-state index contributed by atoms with van der Waals surface area (Å²) < 4.78 is 0. The first-order valence-corrected chi connectivity index (χ1v) is 6.52. The van der Waals surface area contributed by atoms with E-state index in [4.69, 9.17) is 5.73 Å². The predicted molar refractivity (Wildman–Crippen MR) is 59.9 cm³/mol. The Morgan fingerprint density at radius 1 is 1.69 bits per heavy atom. The van der Waals surface area contributed by atoms with Crippen LogP contribution in [-0.4, -0.2) is 18.1 Å². The van der Waals surface area contributed by atoms with Gasteiger partial charge in [0.15, 0.2) is 0 Å². The third kappa shape index (κ3) is 1.79. The minimum atomic E-state index is 0.262. The molecule has 2 atom stereocenters. The van der Waals surface area contributed by atoms with Crippen molar-refractivity contribution in [2.24, 2.45) is 17.1 Å². The van der Waals surface area contributed by atoms with Crippen molar-refractivity contribution in [3.05, 3.63) is 12.2 Å². The fraction of sp³-hybridized carbons (Fsp3) is 0.818. The number of rotatable bonds is 5. The molecule has 0 aromatic rings. The maximum atomic E-state index is 6.08. The molecule has 2 fully saturated rings. The lowest BCUT2D eigenvalue weighted by Gasteiger charge is -2.13. The molecule has 1 spiro atoms. The van der Waals surface area contributed by atoms with Crippen LogP contribution in [0.2, 0.25) is 0 Å². The molecule has 0 heterocycles. The highest BCUT2D eigenvalue weighted by Crippen LogP contribution is 2.72. The lowest BCUT2D eigenvalue weighted by Crippen LogP contribution is -2.24. The van der Waals surface area contributed by atoms with Crippen molar-refractivity contribution in [1.29, 1.82) is 0 Å². The first-order valence-electron chi connectivity index (χ1n) is 5.13. The molecular formula is C11H19NS. The minimum absolute atomic E-state index is 0.262. The van der Waals surface area contributed by atoms with Crippen LogP contribution >= 0.6 is 11.8 Å². The average molecular weight is 197 g/mol. The van der Waals surface area contributed by atoms with Gasteiger partial charge in [0.2, 0.25) is 0 Å². The molecule has 0 bridgehead atoms. The Labute approximate surface area is 85.2 Å². The zero-order chi connectivity index (χ0) is 9.47. The van der Waals surface area contributed by atoms with Crippen LogP contribution in [0.3, 0.4) is 0 Å². The summed E-state index contributed by atoms with van der Waals surface area (Å²) in [7, 11) is 0. The quantitative estimate of drug-likeness (QED) is 0.685. The van der Waals surface area contributed by atoms with Crippen molar-refractivity contribution < 1.29 is 0 Å². The van der Waals surface area contributed by atoms with Crippen molar-refractivity contribution in [3.63, 3.8) is 0 Å². The predicted octanol–water partition coefficient (Wildman–Crippen LogP) is 2.42. The molecule has 1 nitrogen and oxygen atoms in total. The van der Waals surface area contributed by atoms with Crippen molar-refractivity contribution in [2.75, 3.05) is 12.0 Å². The molecular weight excluding hydrogens is 178 g/mol. The van der Waals surface area contributed by atoms with Crippen LogP contribution in [0.25, 0.3) is 0 Å². The summed E-state index contributed by atoms with van der Waals surface area (Å²) in [6.45, 7) is 4.17. The molecule has 2 aliphatic rings. The van der Waals surface area contributed by atoms with Crippen LogP contribution in [0.15, 0.2) is 12.2 Å². The molecule has 2 rings (SSSR count). The normalized spacial score (nSPS) is 30.2. The maximum absolute atomic E-state index is 6.08. The van der Waals surface area contributed by atoms with E-state index < -0.39 is 0 Å². The van der Waals surface area contributed by atoms with E-state index in [2.05, 4.69) is 12.8 Å². The topological polar surface area (TPSA) is 26.0 Å². The van der Waals surface area contributed by atoms with Crippen molar-refractivity contribution >= 4 is 11.8 Å². The summed E-state index contributed by atoms with van der Waals surface area (Å²) in [6, 6.07) is 0.262. The van der Waals surface area contributed by atoms with Gasteiger partial charge in [-0.05, 0) is 49.0 Å². The van der Waals surface area contributed by atoms with Gasteiger partial charge in [0, 0.05) is 6.04 Å². The van der Waals surface area contributed by atoms with Crippen LogP contribution in [0, 0.1) is 11.3 Å². The third-order valence-corrected chi connectivity index (χ3v) is 4.28. The van der Waals surface area contributed by atoms with E-state index in [-0.39, 0.29) is 6.04 Å². The first kappa shape index (κ1) is 9.60. The Morgan fingerprint density at radius 2 is 2.38 bits per heavy atom. The highest BCUT2D eigenvalue weighted by atomic mass is 32.2. The van der Waals surface area contributed by atoms with Gasteiger partial charge in [0.25, 0.3) is 0 Å². The molecule has 0 aromatic carbocycles. The molecule has 0 radical (unpaired) electrons. The van der Waals surface area contributed by atoms with Gasteiger partial charge in [-0.2, -0.15) is 11.8 Å². The SMILES string of the molecule is C=C(C1CC12CC2)[C@@H](N)CCSC. The Kier molecular flexibility index (Phi) is 2.45. The average Bonchev–Trinajstić information content (AvgIpc) is 3.03. The van der Waals surface area contributed by atoms with Crippen molar-refractivity contribution in [2.45, 2.75) is 31.7 Å². The zero-order valence-electron chi connectivity index (χ0n) is 8.38. The van der Waals surface area contributed by atoms with Crippen LogP contribution in [0.4, 0.5) is 0 Å². The molecule has 2 heteroatoms. The van der Waals surface area contributed by atoms with E-state index >= 15 is 0 Å². The molecule has 74 valence electrons. The summed E-state index contributed by atoms with van der Waals surface area (Å²) >= 11 is 1.87. The maximum Gasteiger partial charge on any atom is 0.0261 e. The molecule has 2 saturated carbocycles. The van der Waals surface area contributed by atoms with E-state index in [0.29, 0.717) is 0 Å². The van der Waals surface area contributed by atoms with E-state index in [1.165, 1.54) is 30.6 Å². The second-order valence-electron chi connectivity index (χ2n) is 4.58. The lowest BCUT2D eigenvalue weighted by molar-refractivity contribution is 0.665. The molecule has 0 amide bonds. The Balaban J connectivity index is 1.77. The molecule has 0 aliphatic heterocycles. The monoisotopic (exact) mass is 197 g/mol. The summed E-state index contributed by atoms with van der Waals surface area (Å²) in [5.41, 5.74) is 8.15. The van der Waals surface area contributed by atoms with Gasteiger partial charge in [-0.15, -0.1) is 0 Å². The van der Waals surface area contributed by atoms with Crippen LogP contribution in [0.1, 0.15) is 25.7 Å². The molecule has 0 aromatic heterocycles. The number of nitrogens with two attached hydrogens (primary N) is 1. The van der Waals surface area contributed by atoms with Crippen LogP contribution in [-0.2, 0) is 0 Å². The third-order valence-electron chi connectivity index (χ3n) is 3.64. The van der Waals surface area contributed by atoms with Gasteiger partial charge in [-0.1, -0.05) is 12.2 Å². The smallest absolute Gasteiger partial charge is 0.0261 e. The Bertz CT molecular complexity index is 220. The largest absolute Gasteiger partial charge is 0.324 e. The highest BCUT2D eigenvalue weighted by molar-refractivity contribution is 7.98. The molecule has 1 unspecified atom stereocenters. The second-order valence-corrected chi connectivity index (χ2v) is 5.57. The Hall–Kier alpha value is 0.0500. The van der Waals surface area contributed by atoms with Crippen molar-refractivity contribution in [3.8, 4) is 0 Å². The van der Waals surface area contributed by atoms with Gasteiger partial charge in [0.1, 0.15) is 0 Å². The standard InChI is InChI=1S/C11H19NS/c1-8(10(12)3-6-13-2)9-7-11(9)4-5-11/h9-10H,1,3-7,12H2,2H3/t9?,10-/m0/s1. The summed E-state index contributed by atoms with van der Waals surface area (Å²) in [4.78, 5) is 0. The number of hydrogen-bond donors (Lipinski definition) is 1. The van der Waals surface area contributed by atoms with E-state index in [1.807, 2.05) is 11.8 Å².